The van der Waals surface area contributed by atoms with Gasteiger partial charge >= 0.3 is 0 Å². The van der Waals surface area contributed by atoms with Crippen molar-refractivity contribution >= 4 is 12.4 Å². The van der Waals surface area contributed by atoms with E-state index in [2.05, 4.69) is 6.58 Å². The molecule has 0 aliphatic heterocycles. The third kappa shape index (κ3) is 1.08. The standard InChI is InChI=1S/C7H6O2/c1-2-6-3-7(4-8)9-5-6/h2-5H,1H2. The van der Waals surface area contributed by atoms with Crippen LogP contribution in [0.1, 0.15) is 16.1 Å². The minimum atomic E-state index is 0.338. The van der Waals surface area contributed by atoms with Crippen molar-refractivity contribution in [3.05, 3.63) is 30.2 Å². The van der Waals surface area contributed by atoms with Crippen LogP contribution in [0.4, 0.5) is 0 Å². The highest BCUT2D eigenvalue weighted by Crippen LogP contribution is 2.05. The summed E-state index contributed by atoms with van der Waals surface area (Å²) in [5.41, 5.74) is 0.831. The van der Waals surface area contributed by atoms with Crippen LogP contribution in [-0.2, 0) is 0 Å². The SMILES string of the molecule is C=Cc1coc(C=O)c1. The van der Waals surface area contributed by atoms with E-state index in [4.69, 9.17) is 4.42 Å². The van der Waals surface area contributed by atoms with Crippen molar-refractivity contribution in [3.8, 4) is 0 Å². The lowest BCUT2D eigenvalue weighted by Gasteiger charge is -1.70. The van der Waals surface area contributed by atoms with Gasteiger partial charge in [-0.25, -0.2) is 0 Å². The molecule has 0 fully saturated rings. The summed E-state index contributed by atoms with van der Waals surface area (Å²) in [6, 6.07) is 1.62. The lowest BCUT2D eigenvalue weighted by Crippen LogP contribution is -1.66. The Morgan fingerprint density at radius 3 is 2.78 bits per heavy atom. The van der Waals surface area contributed by atoms with E-state index >= 15 is 0 Å². The fourth-order valence-electron chi connectivity index (χ4n) is 0.537. The quantitative estimate of drug-likeness (QED) is 0.559. The highest BCUT2D eigenvalue weighted by atomic mass is 16.3. The van der Waals surface area contributed by atoms with Gasteiger partial charge in [-0.2, -0.15) is 0 Å². The number of furan rings is 1. The molecule has 1 aromatic heterocycles. The Balaban J connectivity index is 2.98. The van der Waals surface area contributed by atoms with E-state index in [1.165, 1.54) is 6.26 Å². The van der Waals surface area contributed by atoms with Crippen LogP contribution in [0.3, 0.4) is 0 Å². The van der Waals surface area contributed by atoms with E-state index in [9.17, 15) is 4.79 Å². The predicted octanol–water partition coefficient (Wildman–Crippen LogP) is 1.74. The predicted molar refractivity (Wildman–Crippen MR) is 34.2 cm³/mol. The molecule has 1 heterocycles. The van der Waals surface area contributed by atoms with E-state index in [0.717, 1.165) is 5.56 Å². The lowest BCUT2D eigenvalue weighted by atomic mass is 10.3. The van der Waals surface area contributed by atoms with Crippen molar-refractivity contribution in [2.75, 3.05) is 0 Å². The van der Waals surface area contributed by atoms with Gasteiger partial charge in [-0.3, -0.25) is 4.79 Å². The summed E-state index contributed by atoms with van der Waals surface area (Å²) in [5, 5.41) is 0. The summed E-state index contributed by atoms with van der Waals surface area (Å²) in [7, 11) is 0. The van der Waals surface area contributed by atoms with Gasteiger partial charge in [0.1, 0.15) is 0 Å². The molecule has 2 nitrogen and oxygen atoms in total. The minimum absolute atomic E-state index is 0.338. The first-order valence-electron chi connectivity index (χ1n) is 2.53. The van der Waals surface area contributed by atoms with Crippen LogP contribution in [0.2, 0.25) is 0 Å². The van der Waals surface area contributed by atoms with Gasteiger partial charge < -0.3 is 4.42 Å². The van der Waals surface area contributed by atoms with Crippen LogP contribution in [0, 0.1) is 0 Å². The van der Waals surface area contributed by atoms with E-state index in [1.54, 1.807) is 12.1 Å². The molecule has 1 aromatic rings. The number of aldehydes is 1. The van der Waals surface area contributed by atoms with Gasteiger partial charge in [0.05, 0.1) is 6.26 Å². The fraction of sp³-hybridized carbons (Fsp3) is 0. The van der Waals surface area contributed by atoms with Gasteiger partial charge in [-0.1, -0.05) is 12.7 Å². The topological polar surface area (TPSA) is 30.2 Å². The molecule has 0 saturated carbocycles. The molecular formula is C7H6O2. The molecule has 46 valence electrons. The molecule has 0 N–H and O–H groups in total. The van der Waals surface area contributed by atoms with Gasteiger partial charge in [0.15, 0.2) is 12.0 Å². The summed E-state index contributed by atoms with van der Waals surface area (Å²) in [5.74, 6) is 0.338. The molecule has 0 aliphatic rings. The molecule has 0 spiro atoms. The third-order valence-electron chi connectivity index (χ3n) is 0.992. The Hall–Kier alpha value is -1.31. The summed E-state index contributed by atoms with van der Waals surface area (Å²) in [6.07, 6.45) is 3.76. The zero-order chi connectivity index (χ0) is 6.69. The second-order valence-electron chi connectivity index (χ2n) is 1.60. The van der Waals surface area contributed by atoms with Crippen molar-refractivity contribution in [2.45, 2.75) is 0 Å². The zero-order valence-electron chi connectivity index (χ0n) is 4.83. The molecule has 0 atom stereocenters. The number of hydrogen-bond acceptors (Lipinski definition) is 2. The van der Waals surface area contributed by atoms with Crippen molar-refractivity contribution in [2.24, 2.45) is 0 Å². The summed E-state index contributed by atoms with van der Waals surface area (Å²) >= 11 is 0. The number of hydrogen-bond donors (Lipinski definition) is 0. The summed E-state index contributed by atoms with van der Waals surface area (Å²) in [4.78, 5) is 10.0. The van der Waals surface area contributed by atoms with Crippen LogP contribution < -0.4 is 0 Å². The molecule has 2 heteroatoms. The van der Waals surface area contributed by atoms with Gasteiger partial charge in [0, 0.05) is 5.56 Å². The van der Waals surface area contributed by atoms with Crippen LogP contribution in [0.5, 0.6) is 0 Å². The Labute approximate surface area is 52.8 Å². The largest absolute Gasteiger partial charge is 0.461 e. The van der Waals surface area contributed by atoms with Crippen molar-refractivity contribution in [1.29, 1.82) is 0 Å². The smallest absolute Gasteiger partial charge is 0.185 e. The molecule has 9 heavy (non-hydrogen) atoms. The second kappa shape index (κ2) is 2.31. The second-order valence-corrected chi connectivity index (χ2v) is 1.60. The van der Waals surface area contributed by atoms with Crippen LogP contribution in [0.25, 0.3) is 6.08 Å². The van der Waals surface area contributed by atoms with E-state index in [0.29, 0.717) is 12.0 Å². The Kier molecular flexibility index (Phi) is 1.49. The van der Waals surface area contributed by atoms with Crippen molar-refractivity contribution in [3.63, 3.8) is 0 Å². The van der Waals surface area contributed by atoms with E-state index in [1.807, 2.05) is 0 Å². The monoisotopic (exact) mass is 122 g/mol. The van der Waals surface area contributed by atoms with Crippen LogP contribution in [0.15, 0.2) is 23.3 Å². The molecule has 0 aromatic carbocycles. The van der Waals surface area contributed by atoms with E-state index in [-0.39, 0.29) is 0 Å². The minimum Gasteiger partial charge on any atom is -0.461 e. The first-order valence-corrected chi connectivity index (χ1v) is 2.53. The lowest BCUT2D eigenvalue weighted by molar-refractivity contribution is 0.110. The molecule has 0 unspecified atom stereocenters. The highest BCUT2D eigenvalue weighted by molar-refractivity contribution is 5.72. The maximum absolute atomic E-state index is 10.0. The number of carbonyl (C=O) groups excluding carboxylic acids is 1. The molecule has 1 rings (SSSR count). The molecule has 0 radical (unpaired) electrons. The highest BCUT2D eigenvalue weighted by Gasteiger charge is 1.93. The Bertz CT molecular complexity index is 200. The number of rotatable bonds is 2. The van der Waals surface area contributed by atoms with Gasteiger partial charge in [-0.05, 0) is 6.07 Å². The Morgan fingerprint density at radius 1 is 1.67 bits per heavy atom. The molecule has 0 amide bonds. The maximum atomic E-state index is 10.0. The average Bonchev–Trinajstić information content (AvgIpc) is 2.34. The van der Waals surface area contributed by atoms with Crippen molar-refractivity contribution < 1.29 is 9.21 Å². The maximum Gasteiger partial charge on any atom is 0.185 e. The molecular weight excluding hydrogens is 116 g/mol. The first kappa shape index (κ1) is 5.82. The number of carbonyl (C=O) groups is 1. The first-order chi connectivity index (χ1) is 4.36. The van der Waals surface area contributed by atoms with E-state index < -0.39 is 0 Å². The summed E-state index contributed by atoms with van der Waals surface area (Å²) < 4.78 is 4.77. The average molecular weight is 122 g/mol. The molecule has 0 saturated heterocycles. The van der Waals surface area contributed by atoms with Gasteiger partial charge in [0.25, 0.3) is 0 Å². The van der Waals surface area contributed by atoms with Crippen LogP contribution >= 0.6 is 0 Å². The molecule has 0 bridgehead atoms. The normalized spacial score (nSPS) is 8.89. The van der Waals surface area contributed by atoms with Gasteiger partial charge in [-0.15, -0.1) is 0 Å². The van der Waals surface area contributed by atoms with Crippen molar-refractivity contribution in [1.82, 2.24) is 0 Å². The van der Waals surface area contributed by atoms with Crippen LogP contribution in [-0.4, -0.2) is 6.29 Å². The third-order valence-corrected chi connectivity index (χ3v) is 0.992. The fourth-order valence-corrected chi connectivity index (χ4v) is 0.537. The zero-order valence-corrected chi connectivity index (χ0v) is 4.83. The Morgan fingerprint density at radius 2 is 2.44 bits per heavy atom. The van der Waals surface area contributed by atoms with Gasteiger partial charge in [0.2, 0.25) is 0 Å². The summed E-state index contributed by atoms with van der Waals surface area (Å²) in [6.45, 7) is 3.50. The molecule has 0 aliphatic carbocycles.